The summed E-state index contributed by atoms with van der Waals surface area (Å²) in [6.07, 6.45) is 1.76. The molecule has 0 aliphatic heterocycles. The lowest BCUT2D eigenvalue weighted by Crippen LogP contribution is -2.22. The highest BCUT2D eigenvalue weighted by atomic mass is 32.1. The Bertz CT molecular complexity index is 861. The van der Waals surface area contributed by atoms with Crippen molar-refractivity contribution in [2.75, 3.05) is 0 Å². The van der Waals surface area contributed by atoms with Crippen molar-refractivity contribution in [2.24, 2.45) is 0 Å². The summed E-state index contributed by atoms with van der Waals surface area (Å²) in [5.41, 5.74) is 2.13. The molecule has 7 heteroatoms. The van der Waals surface area contributed by atoms with Crippen LogP contribution in [-0.2, 0) is 6.54 Å². The largest absolute Gasteiger partial charge is 0.348 e. The van der Waals surface area contributed by atoms with Crippen molar-refractivity contribution in [3.63, 3.8) is 0 Å². The molecule has 3 rings (SSSR count). The van der Waals surface area contributed by atoms with Crippen molar-refractivity contribution < 1.29 is 9.72 Å². The van der Waals surface area contributed by atoms with Gasteiger partial charge in [0.15, 0.2) is 0 Å². The molecule has 6 nitrogen and oxygen atoms in total. The lowest BCUT2D eigenvalue weighted by molar-refractivity contribution is -0.384. The highest BCUT2D eigenvalue weighted by Gasteiger charge is 2.11. The second-order valence-electron chi connectivity index (χ2n) is 5.02. The van der Waals surface area contributed by atoms with Crippen LogP contribution < -0.4 is 5.32 Å². The Hall–Kier alpha value is -3.06. The standard InChI is InChI=1S/C17H13N3O3S/c21-16(14-2-1-3-15(10-14)20(22)23)19-11-12-4-6-13(7-5-12)17-18-8-9-24-17/h1-10H,11H2,(H,19,21). The predicted octanol–water partition coefficient (Wildman–Crippen LogP) is 3.65. The number of carbonyl (C=O) groups excluding carboxylic acids is 1. The monoisotopic (exact) mass is 339 g/mol. The zero-order valence-electron chi connectivity index (χ0n) is 12.5. The van der Waals surface area contributed by atoms with Crippen molar-refractivity contribution >= 4 is 22.9 Å². The second-order valence-corrected chi connectivity index (χ2v) is 5.92. The van der Waals surface area contributed by atoms with Gasteiger partial charge in [0.1, 0.15) is 5.01 Å². The number of nitro groups is 1. The number of hydrogen-bond acceptors (Lipinski definition) is 5. The summed E-state index contributed by atoms with van der Waals surface area (Å²) in [6.45, 7) is 0.347. The molecule has 0 unspecified atom stereocenters. The minimum atomic E-state index is -0.520. The van der Waals surface area contributed by atoms with Crippen LogP contribution in [0.15, 0.2) is 60.1 Å². The van der Waals surface area contributed by atoms with E-state index in [9.17, 15) is 14.9 Å². The van der Waals surface area contributed by atoms with Crippen molar-refractivity contribution in [1.29, 1.82) is 0 Å². The van der Waals surface area contributed by atoms with Gasteiger partial charge in [0.2, 0.25) is 0 Å². The molecule has 1 N–H and O–H groups in total. The van der Waals surface area contributed by atoms with Crippen LogP contribution in [0.4, 0.5) is 5.69 Å². The summed E-state index contributed by atoms with van der Waals surface area (Å²) in [5, 5.41) is 16.4. The van der Waals surface area contributed by atoms with Crippen LogP contribution >= 0.6 is 11.3 Å². The molecular formula is C17H13N3O3S. The van der Waals surface area contributed by atoms with Gasteiger partial charge in [-0.25, -0.2) is 4.98 Å². The van der Waals surface area contributed by atoms with Gasteiger partial charge < -0.3 is 5.32 Å². The number of non-ortho nitro benzene ring substituents is 1. The molecule has 0 fully saturated rings. The first-order valence-corrected chi connectivity index (χ1v) is 8.03. The number of rotatable bonds is 5. The summed E-state index contributed by atoms with van der Waals surface area (Å²) in [5.74, 6) is -0.345. The van der Waals surface area contributed by atoms with Crippen LogP contribution in [0.5, 0.6) is 0 Å². The molecule has 0 bridgehead atoms. The van der Waals surface area contributed by atoms with Crippen molar-refractivity contribution in [2.45, 2.75) is 6.54 Å². The van der Waals surface area contributed by atoms with Crippen LogP contribution in [0, 0.1) is 10.1 Å². The summed E-state index contributed by atoms with van der Waals surface area (Å²) in [6, 6.07) is 13.4. The van der Waals surface area contributed by atoms with Crippen LogP contribution in [-0.4, -0.2) is 15.8 Å². The van der Waals surface area contributed by atoms with Crippen LogP contribution in [0.3, 0.4) is 0 Å². The van der Waals surface area contributed by atoms with Crippen molar-refractivity contribution in [1.82, 2.24) is 10.3 Å². The molecule has 0 atom stereocenters. The zero-order valence-corrected chi connectivity index (χ0v) is 13.3. The number of carbonyl (C=O) groups is 1. The van der Waals surface area contributed by atoms with Gasteiger partial charge in [0.25, 0.3) is 11.6 Å². The van der Waals surface area contributed by atoms with E-state index in [0.29, 0.717) is 6.54 Å². The van der Waals surface area contributed by atoms with Crippen molar-refractivity contribution in [3.05, 3.63) is 81.3 Å². The number of aromatic nitrogens is 1. The Balaban J connectivity index is 1.64. The normalized spacial score (nSPS) is 10.3. The molecule has 0 spiro atoms. The lowest BCUT2D eigenvalue weighted by Gasteiger charge is -2.06. The van der Waals surface area contributed by atoms with E-state index in [1.807, 2.05) is 29.6 Å². The zero-order chi connectivity index (χ0) is 16.9. The number of nitrogens with zero attached hydrogens (tertiary/aromatic N) is 2. The number of benzene rings is 2. The molecular weight excluding hydrogens is 326 g/mol. The maximum Gasteiger partial charge on any atom is 0.270 e. The fourth-order valence-corrected chi connectivity index (χ4v) is 2.82. The third kappa shape index (κ3) is 3.64. The smallest absolute Gasteiger partial charge is 0.270 e. The highest BCUT2D eigenvalue weighted by molar-refractivity contribution is 7.13. The molecule has 120 valence electrons. The molecule has 0 aliphatic carbocycles. The summed E-state index contributed by atoms with van der Waals surface area (Å²) >= 11 is 1.57. The first-order chi connectivity index (χ1) is 11.6. The number of amides is 1. The van der Waals surface area contributed by atoms with Gasteiger partial charge in [-0.15, -0.1) is 11.3 Å². The Morgan fingerprint density at radius 1 is 1.21 bits per heavy atom. The SMILES string of the molecule is O=C(NCc1ccc(-c2nccs2)cc1)c1cccc([N+](=O)[O-])c1. The van der Waals surface area contributed by atoms with E-state index < -0.39 is 4.92 Å². The van der Waals surface area contributed by atoms with Gasteiger partial charge in [-0.2, -0.15) is 0 Å². The summed E-state index contributed by atoms with van der Waals surface area (Å²) in [7, 11) is 0. The van der Waals surface area contributed by atoms with Crippen LogP contribution in [0.2, 0.25) is 0 Å². The van der Waals surface area contributed by atoms with Gasteiger partial charge in [-0.05, 0) is 11.6 Å². The molecule has 0 radical (unpaired) electrons. The molecule has 0 aliphatic rings. The van der Waals surface area contributed by atoms with E-state index in [0.717, 1.165) is 16.1 Å². The molecule has 1 aromatic heterocycles. The van der Waals surface area contributed by atoms with Gasteiger partial charge >= 0.3 is 0 Å². The van der Waals surface area contributed by atoms with E-state index >= 15 is 0 Å². The van der Waals surface area contributed by atoms with E-state index in [2.05, 4.69) is 10.3 Å². The lowest BCUT2D eigenvalue weighted by atomic mass is 10.1. The van der Waals surface area contributed by atoms with Gasteiger partial charge in [-0.3, -0.25) is 14.9 Å². The first-order valence-electron chi connectivity index (χ1n) is 7.15. The quantitative estimate of drug-likeness (QED) is 0.568. The van der Waals surface area contributed by atoms with Gasteiger partial charge in [0.05, 0.1) is 4.92 Å². The molecule has 0 saturated carbocycles. The number of hydrogen-bond donors (Lipinski definition) is 1. The molecule has 1 heterocycles. The minimum Gasteiger partial charge on any atom is -0.348 e. The fraction of sp³-hybridized carbons (Fsp3) is 0.0588. The molecule has 24 heavy (non-hydrogen) atoms. The fourth-order valence-electron chi connectivity index (χ4n) is 2.18. The third-order valence-corrected chi connectivity index (χ3v) is 4.23. The van der Waals surface area contributed by atoms with E-state index in [4.69, 9.17) is 0 Å². The summed E-state index contributed by atoms with van der Waals surface area (Å²) in [4.78, 5) is 26.6. The molecule has 1 amide bonds. The minimum absolute atomic E-state index is 0.101. The highest BCUT2D eigenvalue weighted by Crippen LogP contribution is 2.21. The number of nitrogens with one attached hydrogen (secondary N) is 1. The van der Waals surface area contributed by atoms with Crippen molar-refractivity contribution in [3.8, 4) is 10.6 Å². The predicted molar refractivity (Wildman–Crippen MR) is 91.8 cm³/mol. The Morgan fingerprint density at radius 2 is 2.00 bits per heavy atom. The van der Waals surface area contributed by atoms with E-state index in [1.165, 1.54) is 18.2 Å². The molecule has 2 aromatic carbocycles. The Morgan fingerprint density at radius 3 is 2.67 bits per heavy atom. The van der Waals surface area contributed by atoms with E-state index in [-0.39, 0.29) is 17.2 Å². The van der Waals surface area contributed by atoms with Crippen LogP contribution in [0.25, 0.3) is 10.6 Å². The van der Waals surface area contributed by atoms with E-state index in [1.54, 1.807) is 23.6 Å². The summed E-state index contributed by atoms with van der Waals surface area (Å²) < 4.78 is 0. The van der Waals surface area contributed by atoms with Gasteiger partial charge in [0, 0.05) is 41.4 Å². The maximum atomic E-state index is 12.1. The Labute approximate surface area is 141 Å². The third-order valence-electron chi connectivity index (χ3n) is 3.41. The number of nitro benzene ring substituents is 1. The second kappa shape index (κ2) is 7.01. The molecule has 0 saturated heterocycles. The molecule has 3 aromatic rings. The Kier molecular flexibility index (Phi) is 4.62. The number of thiazole rings is 1. The first kappa shape index (κ1) is 15.8. The van der Waals surface area contributed by atoms with Crippen LogP contribution in [0.1, 0.15) is 15.9 Å². The topological polar surface area (TPSA) is 85.1 Å². The average Bonchev–Trinajstić information content (AvgIpc) is 3.15. The van der Waals surface area contributed by atoms with Gasteiger partial charge in [-0.1, -0.05) is 30.3 Å². The maximum absolute atomic E-state index is 12.1. The average molecular weight is 339 g/mol.